The predicted octanol–water partition coefficient (Wildman–Crippen LogP) is 2.75. The Balaban J connectivity index is 1.86. The molecule has 1 N–H and O–H groups in total. The third-order valence-corrected chi connectivity index (χ3v) is 5.14. The first-order valence-corrected chi connectivity index (χ1v) is 8.11. The highest BCUT2D eigenvalue weighted by molar-refractivity contribution is 5.97. The number of ether oxygens (including phenoxy) is 3. The largest absolute Gasteiger partial charge is 0.504 e. The smallest absolute Gasteiger partial charge is 0.204 e. The van der Waals surface area contributed by atoms with Gasteiger partial charge < -0.3 is 23.7 Å². The van der Waals surface area contributed by atoms with Crippen LogP contribution in [0, 0.1) is 0 Å². The molecule has 25 heavy (non-hydrogen) atoms. The first kappa shape index (κ1) is 14.6. The third kappa shape index (κ3) is 1.91. The number of phenolic OH excluding ortho intramolecular Hbond substituents is 1. The third-order valence-electron chi connectivity index (χ3n) is 5.14. The quantitative estimate of drug-likeness (QED) is 0.571. The summed E-state index contributed by atoms with van der Waals surface area (Å²) in [4.78, 5) is 13.0. The minimum atomic E-state index is -0.308. The van der Waals surface area contributed by atoms with Gasteiger partial charge in [-0.2, -0.15) is 0 Å². The Morgan fingerprint density at radius 2 is 2.12 bits per heavy atom. The molecule has 2 unspecified atom stereocenters. The van der Waals surface area contributed by atoms with Crippen LogP contribution in [0.3, 0.4) is 0 Å². The van der Waals surface area contributed by atoms with Gasteiger partial charge in [0.25, 0.3) is 0 Å². The number of fused-ring (bicyclic) bond motifs is 4. The average molecular weight is 340 g/mol. The van der Waals surface area contributed by atoms with Gasteiger partial charge in [0.15, 0.2) is 11.3 Å². The van der Waals surface area contributed by atoms with Gasteiger partial charge in [-0.15, -0.1) is 0 Å². The van der Waals surface area contributed by atoms with Crippen LogP contribution < -0.4 is 14.9 Å². The number of methoxy groups -OCH3 is 1. The summed E-state index contributed by atoms with van der Waals surface area (Å²) in [6.07, 6.45) is 0.442. The molecule has 3 heterocycles. The van der Waals surface area contributed by atoms with Crippen molar-refractivity contribution in [1.29, 1.82) is 0 Å². The fourth-order valence-electron chi connectivity index (χ4n) is 3.51. The van der Waals surface area contributed by atoms with Crippen LogP contribution in [0.2, 0.25) is 0 Å². The fourth-order valence-corrected chi connectivity index (χ4v) is 3.51. The Labute approximate surface area is 142 Å². The Hall–Kier alpha value is -2.73. The van der Waals surface area contributed by atoms with E-state index in [1.807, 2.05) is 6.92 Å². The minimum absolute atomic E-state index is 0.0685. The van der Waals surface area contributed by atoms with Crippen LogP contribution in [0.15, 0.2) is 33.5 Å². The lowest BCUT2D eigenvalue weighted by Crippen LogP contribution is -2.30. The number of phenols is 1. The van der Waals surface area contributed by atoms with Crippen molar-refractivity contribution in [2.75, 3.05) is 13.7 Å². The van der Waals surface area contributed by atoms with Crippen LogP contribution in [0.5, 0.6) is 17.2 Å². The van der Waals surface area contributed by atoms with Crippen LogP contribution in [0.4, 0.5) is 0 Å². The number of rotatable bonds is 2. The van der Waals surface area contributed by atoms with E-state index in [0.29, 0.717) is 40.9 Å². The van der Waals surface area contributed by atoms with E-state index >= 15 is 0 Å². The number of benzene rings is 2. The monoisotopic (exact) mass is 340 g/mol. The second kappa shape index (κ2) is 4.67. The van der Waals surface area contributed by atoms with E-state index in [1.165, 1.54) is 13.2 Å². The van der Waals surface area contributed by atoms with Gasteiger partial charge in [-0.05, 0) is 19.1 Å². The molecule has 0 amide bonds. The zero-order valence-corrected chi connectivity index (χ0v) is 13.8. The fraction of sp³-hybridized carbons (Fsp3) is 0.316. The van der Waals surface area contributed by atoms with E-state index in [1.54, 1.807) is 18.2 Å². The zero-order valence-electron chi connectivity index (χ0n) is 13.8. The predicted molar refractivity (Wildman–Crippen MR) is 90.7 cm³/mol. The van der Waals surface area contributed by atoms with Crippen LogP contribution in [-0.4, -0.2) is 30.5 Å². The molecule has 2 atom stereocenters. The Bertz CT molecular complexity index is 1090. The standard InChI is InChI=1S/C19H16O6/c1-19(8-23-19)14-6-10-12(24-14)7-13(22-2)15-16(21)9-4-3-5-11(20)17(9)25-18(10)15/h3-5,7,14,20H,6,8H2,1-2H3. The molecule has 0 bridgehead atoms. The van der Waals surface area contributed by atoms with Gasteiger partial charge in [0.05, 0.1) is 19.1 Å². The average Bonchev–Trinajstić information content (AvgIpc) is 3.20. The summed E-state index contributed by atoms with van der Waals surface area (Å²) in [5.74, 6) is 0.959. The van der Waals surface area contributed by atoms with Gasteiger partial charge in [-0.3, -0.25) is 4.79 Å². The first-order valence-electron chi connectivity index (χ1n) is 8.11. The number of hydrogen-bond acceptors (Lipinski definition) is 6. The maximum absolute atomic E-state index is 13.0. The molecule has 6 nitrogen and oxygen atoms in total. The van der Waals surface area contributed by atoms with Crippen molar-refractivity contribution < 1.29 is 23.7 Å². The summed E-state index contributed by atoms with van der Waals surface area (Å²) in [6.45, 7) is 2.65. The van der Waals surface area contributed by atoms with Gasteiger partial charge >= 0.3 is 0 Å². The van der Waals surface area contributed by atoms with Crippen molar-refractivity contribution in [3.05, 3.63) is 40.1 Å². The summed E-state index contributed by atoms with van der Waals surface area (Å²) in [6, 6.07) is 6.47. The molecule has 128 valence electrons. The highest BCUT2D eigenvalue weighted by atomic mass is 16.6. The Morgan fingerprint density at radius 3 is 2.84 bits per heavy atom. The van der Waals surface area contributed by atoms with Gasteiger partial charge in [-0.1, -0.05) is 6.07 Å². The number of epoxide rings is 1. The molecule has 1 fully saturated rings. The highest BCUT2D eigenvalue weighted by Crippen LogP contribution is 2.46. The molecule has 2 aromatic carbocycles. The van der Waals surface area contributed by atoms with Crippen molar-refractivity contribution in [3.8, 4) is 17.2 Å². The zero-order chi connectivity index (χ0) is 17.3. The molecule has 3 aromatic rings. The first-order chi connectivity index (χ1) is 12.0. The molecule has 2 aliphatic rings. The lowest BCUT2D eigenvalue weighted by Gasteiger charge is -2.14. The Morgan fingerprint density at radius 1 is 1.32 bits per heavy atom. The normalized spacial score (nSPS) is 24.3. The second-order valence-corrected chi connectivity index (χ2v) is 6.76. The molecule has 0 radical (unpaired) electrons. The molecular weight excluding hydrogens is 324 g/mol. The van der Waals surface area contributed by atoms with Crippen molar-refractivity contribution in [1.82, 2.24) is 0 Å². The maximum atomic E-state index is 13.0. The van der Waals surface area contributed by atoms with Crippen molar-refractivity contribution >= 4 is 21.9 Å². The number of aromatic hydroxyl groups is 1. The maximum Gasteiger partial charge on any atom is 0.204 e. The molecular formula is C19H16O6. The lowest BCUT2D eigenvalue weighted by molar-refractivity contribution is 0.127. The van der Waals surface area contributed by atoms with Crippen LogP contribution in [0.25, 0.3) is 21.9 Å². The second-order valence-electron chi connectivity index (χ2n) is 6.76. The van der Waals surface area contributed by atoms with Crippen molar-refractivity contribution in [2.24, 2.45) is 0 Å². The molecule has 1 saturated heterocycles. The van der Waals surface area contributed by atoms with Crippen LogP contribution >= 0.6 is 0 Å². The molecule has 6 heteroatoms. The number of hydrogen-bond donors (Lipinski definition) is 1. The topological polar surface area (TPSA) is 81.4 Å². The molecule has 0 saturated carbocycles. The summed E-state index contributed by atoms with van der Waals surface area (Å²) in [5, 5.41) is 10.8. The highest BCUT2D eigenvalue weighted by Gasteiger charge is 2.51. The minimum Gasteiger partial charge on any atom is -0.504 e. The number of para-hydroxylation sites is 1. The van der Waals surface area contributed by atoms with E-state index in [4.69, 9.17) is 18.6 Å². The summed E-state index contributed by atoms with van der Waals surface area (Å²) in [7, 11) is 1.50. The summed E-state index contributed by atoms with van der Waals surface area (Å²) < 4.78 is 22.9. The van der Waals surface area contributed by atoms with Crippen molar-refractivity contribution in [2.45, 2.75) is 25.0 Å². The van der Waals surface area contributed by atoms with Crippen LogP contribution in [-0.2, 0) is 11.2 Å². The lowest BCUT2D eigenvalue weighted by atomic mass is 9.98. The molecule has 2 aliphatic heterocycles. The molecule has 1 aromatic heterocycles. The molecule has 0 aliphatic carbocycles. The Kier molecular flexibility index (Phi) is 2.73. The summed E-state index contributed by atoms with van der Waals surface area (Å²) in [5.41, 5.74) is 0.842. The van der Waals surface area contributed by atoms with E-state index < -0.39 is 0 Å². The van der Waals surface area contributed by atoms with Gasteiger partial charge in [0, 0.05) is 18.1 Å². The van der Waals surface area contributed by atoms with Crippen LogP contribution in [0.1, 0.15) is 12.5 Å². The van der Waals surface area contributed by atoms with E-state index in [0.717, 1.165) is 5.56 Å². The van der Waals surface area contributed by atoms with E-state index in [2.05, 4.69) is 0 Å². The van der Waals surface area contributed by atoms with Crippen molar-refractivity contribution in [3.63, 3.8) is 0 Å². The van der Waals surface area contributed by atoms with Gasteiger partial charge in [-0.25, -0.2) is 0 Å². The van der Waals surface area contributed by atoms with Gasteiger partial charge in [0.1, 0.15) is 34.2 Å². The van der Waals surface area contributed by atoms with E-state index in [-0.39, 0.29) is 28.5 Å². The molecule has 5 rings (SSSR count). The van der Waals surface area contributed by atoms with E-state index in [9.17, 15) is 9.90 Å². The summed E-state index contributed by atoms with van der Waals surface area (Å²) >= 11 is 0. The van der Waals surface area contributed by atoms with Gasteiger partial charge in [0.2, 0.25) is 5.43 Å². The molecule has 0 spiro atoms. The SMILES string of the molecule is COc1cc2c(c3oc4c(O)cccc4c(=O)c13)CC(C1(C)CO1)O2.